The molecule has 0 aliphatic heterocycles. The number of anilines is 2. The third-order valence-electron chi connectivity index (χ3n) is 7.45. The maximum absolute atomic E-state index is 13.7. The third kappa shape index (κ3) is 9.47. The first kappa shape index (κ1) is 36.5. The molecule has 51 heavy (non-hydrogen) atoms. The van der Waals surface area contributed by atoms with E-state index in [1.54, 1.807) is 93.9 Å². The Hall–Kier alpha value is -5.79. The fraction of sp³-hybridized carbons (Fsp3) is 0.158. The van der Waals surface area contributed by atoms with Crippen LogP contribution in [0.15, 0.2) is 107 Å². The Morgan fingerprint density at radius 2 is 1.53 bits per heavy atom. The minimum atomic E-state index is -0.564. The van der Waals surface area contributed by atoms with Gasteiger partial charge in [0.05, 0.1) is 39.4 Å². The van der Waals surface area contributed by atoms with Crippen molar-refractivity contribution in [3.05, 3.63) is 113 Å². The van der Waals surface area contributed by atoms with E-state index in [0.717, 1.165) is 10.5 Å². The second kappa shape index (κ2) is 17.2. The van der Waals surface area contributed by atoms with Crippen LogP contribution < -0.4 is 34.9 Å². The van der Waals surface area contributed by atoms with Gasteiger partial charge in [-0.15, -0.1) is 23.1 Å². The van der Waals surface area contributed by atoms with Crippen molar-refractivity contribution in [2.45, 2.75) is 17.1 Å². The number of thiazole rings is 1. The van der Waals surface area contributed by atoms with Crippen molar-refractivity contribution < 1.29 is 33.3 Å². The second-order valence-electron chi connectivity index (χ2n) is 10.8. The molecule has 4 aromatic carbocycles. The lowest BCUT2D eigenvalue weighted by atomic mass is 10.1. The Bertz CT molecular complexity index is 2050. The molecule has 5 aromatic rings. The number of hydrogen-bond acceptors (Lipinski definition) is 10. The van der Waals surface area contributed by atoms with Crippen molar-refractivity contribution in [2.75, 3.05) is 39.1 Å². The number of carbonyl (C=O) groups is 3. The van der Waals surface area contributed by atoms with Crippen molar-refractivity contribution in [3.8, 4) is 34.3 Å². The number of amides is 3. The SMILES string of the molecule is COc1ccc(OC)c(/C=C(/NC(=O)c2ccccc2)C(=O)Nc2cccc(SC(C)C(=O)Nc3nc(-c4ccc(OC)c(OC)c4)cs3)c2)c1. The molecule has 1 heterocycles. The molecule has 13 heteroatoms. The zero-order valence-electron chi connectivity index (χ0n) is 28.5. The van der Waals surface area contributed by atoms with Gasteiger partial charge in [0.1, 0.15) is 17.2 Å². The van der Waals surface area contributed by atoms with Gasteiger partial charge < -0.3 is 34.9 Å². The average molecular weight is 725 g/mol. The minimum absolute atomic E-state index is 0.0166. The molecule has 1 atom stereocenters. The average Bonchev–Trinajstić information content (AvgIpc) is 3.62. The van der Waals surface area contributed by atoms with Gasteiger partial charge in [-0.05, 0) is 79.7 Å². The van der Waals surface area contributed by atoms with Gasteiger partial charge in [0.15, 0.2) is 16.6 Å². The van der Waals surface area contributed by atoms with Crippen LogP contribution in [0.1, 0.15) is 22.8 Å². The largest absolute Gasteiger partial charge is 0.497 e. The monoisotopic (exact) mass is 724 g/mol. The first-order valence-electron chi connectivity index (χ1n) is 15.6. The van der Waals surface area contributed by atoms with E-state index >= 15 is 0 Å². The zero-order chi connectivity index (χ0) is 36.3. The standard InChI is InChI=1S/C38H36N4O7S2/c1-23(35(43)42-38-41-31(22-50-38)25-14-16-33(48-4)34(20-25)49-5)51-29-13-9-12-27(21-29)39-37(45)30(40-36(44)24-10-7-6-8-11-24)19-26-18-28(46-2)15-17-32(26)47-3/h6-23H,1-5H3,(H,39,45)(H,40,44)(H,41,42,43)/b30-19+. The van der Waals surface area contributed by atoms with Crippen molar-refractivity contribution in [1.82, 2.24) is 10.3 Å². The van der Waals surface area contributed by atoms with Crippen LogP contribution in [0, 0.1) is 0 Å². The molecule has 0 bridgehead atoms. The Balaban J connectivity index is 1.28. The fourth-order valence-electron chi connectivity index (χ4n) is 4.82. The lowest BCUT2D eigenvalue weighted by Crippen LogP contribution is -2.30. The molecular formula is C38H36N4O7S2. The van der Waals surface area contributed by atoms with Crippen LogP contribution >= 0.6 is 23.1 Å². The molecular weight excluding hydrogens is 689 g/mol. The van der Waals surface area contributed by atoms with E-state index in [4.69, 9.17) is 18.9 Å². The highest BCUT2D eigenvalue weighted by molar-refractivity contribution is 8.00. The van der Waals surface area contributed by atoms with Crippen LogP contribution in [0.4, 0.5) is 10.8 Å². The summed E-state index contributed by atoms with van der Waals surface area (Å²) in [4.78, 5) is 45.3. The van der Waals surface area contributed by atoms with E-state index in [1.165, 1.54) is 43.4 Å². The summed E-state index contributed by atoms with van der Waals surface area (Å²) in [7, 11) is 6.19. The summed E-state index contributed by atoms with van der Waals surface area (Å²) in [6.45, 7) is 1.79. The van der Waals surface area contributed by atoms with Gasteiger partial charge in [-0.25, -0.2) is 4.98 Å². The van der Waals surface area contributed by atoms with Gasteiger partial charge in [-0.3, -0.25) is 14.4 Å². The van der Waals surface area contributed by atoms with Gasteiger partial charge in [0.25, 0.3) is 11.8 Å². The molecule has 1 aromatic heterocycles. The summed E-state index contributed by atoms with van der Waals surface area (Å²) >= 11 is 2.64. The van der Waals surface area contributed by atoms with Crippen molar-refractivity contribution >= 4 is 57.7 Å². The van der Waals surface area contributed by atoms with Crippen LogP contribution in [-0.4, -0.2) is 56.4 Å². The molecule has 1 unspecified atom stereocenters. The number of thioether (sulfide) groups is 1. The van der Waals surface area contributed by atoms with Crippen molar-refractivity contribution in [3.63, 3.8) is 0 Å². The number of aromatic nitrogens is 1. The lowest BCUT2D eigenvalue weighted by molar-refractivity contribution is -0.115. The predicted octanol–water partition coefficient (Wildman–Crippen LogP) is 7.37. The van der Waals surface area contributed by atoms with Gasteiger partial charge in [-0.1, -0.05) is 24.3 Å². The van der Waals surface area contributed by atoms with E-state index in [2.05, 4.69) is 20.9 Å². The van der Waals surface area contributed by atoms with Crippen LogP contribution in [0.25, 0.3) is 17.3 Å². The maximum atomic E-state index is 13.7. The number of methoxy groups -OCH3 is 4. The van der Waals surface area contributed by atoms with Crippen LogP contribution in [0.3, 0.4) is 0 Å². The molecule has 11 nitrogen and oxygen atoms in total. The Kier molecular flexibility index (Phi) is 12.3. The topological polar surface area (TPSA) is 137 Å². The first-order chi connectivity index (χ1) is 24.7. The minimum Gasteiger partial charge on any atom is -0.497 e. The Morgan fingerprint density at radius 3 is 2.25 bits per heavy atom. The highest BCUT2D eigenvalue weighted by Gasteiger charge is 2.19. The number of benzene rings is 4. The van der Waals surface area contributed by atoms with Crippen molar-refractivity contribution in [2.24, 2.45) is 0 Å². The molecule has 0 spiro atoms. The van der Waals surface area contributed by atoms with E-state index in [1.807, 2.05) is 23.6 Å². The maximum Gasteiger partial charge on any atom is 0.272 e. The van der Waals surface area contributed by atoms with Crippen LogP contribution in [0.2, 0.25) is 0 Å². The Labute approximate surface area is 304 Å². The normalized spacial score (nSPS) is 11.6. The summed E-state index contributed by atoms with van der Waals surface area (Å²) in [6, 6.07) is 26.3. The van der Waals surface area contributed by atoms with E-state index in [0.29, 0.717) is 50.6 Å². The van der Waals surface area contributed by atoms with Gasteiger partial charge in [-0.2, -0.15) is 0 Å². The lowest BCUT2D eigenvalue weighted by Gasteiger charge is -2.14. The number of ether oxygens (including phenoxy) is 4. The van der Waals surface area contributed by atoms with E-state index in [-0.39, 0.29) is 11.6 Å². The summed E-state index contributed by atoms with van der Waals surface area (Å²) in [5.74, 6) is 0.968. The van der Waals surface area contributed by atoms with Gasteiger partial charge >= 0.3 is 0 Å². The van der Waals surface area contributed by atoms with Gasteiger partial charge in [0, 0.05) is 32.7 Å². The molecule has 0 saturated heterocycles. The Morgan fingerprint density at radius 1 is 0.784 bits per heavy atom. The number of hydrogen-bond donors (Lipinski definition) is 3. The number of nitrogens with zero attached hydrogens (tertiary/aromatic N) is 1. The van der Waals surface area contributed by atoms with Gasteiger partial charge in [0.2, 0.25) is 5.91 Å². The van der Waals surface area contributed by atoms with Crippen molar-refractivity contribution in [1.29, 1.82) is 0 Å². The molecule has 3 N–H and O–H groups in total. The fourth-order valence-corrected chi connectivity index (χ4v) is 6.47. The second-order valence-corrected chi connectivity index (χ2v) is 13.1. The molecule has 0 radical (unpaired) electrons. The zero-order valence-corrected chi connectivity index (χ0v) is 30.1. The predicted molar refractivity (Wildman–Crippen MR) is 201 cm³/mol. The summed E-state index contributed by atoms with van der Waals surface area (Å²) in [5, 5.41) is 10.3. The van der Waals surface area contributed by atoms with E-state index < -0.39 is 17.1 Å². The highest BCUT2D eigenvalue weighted by Crippen LogP contribution is 2.34. The third-order valence-corrected chi connectivity index (χ3v) is 9.30. The van der Waals surface area contributed by atoms with E-state index in [9.17, 15) is 14.4 Å². The summed E-state index contributed by atoms with van der Waals surface area (Å²) in [5.41, 5.74) is 2.88. The molecule has 0 aliphatic carbocycles. The van der Waals surface area contributed by atoms with Crippen LogP contribution in [0.5, 0.6) is 23.0 Å². The smallest absolute Gasteiger partial charge is 0.272 e. The number of rotatable bonds is 14. The molecule has 3 amide bonds. The quantitative estimate of drug-likeness (QED) is 0.0792. The summed E-state index contributed by atoms with van der Waals surface area (Å²) < 4.78 is 21.6. The number of nitrogens with one attached hydrogen (secondary N) is 3. The molecule has 262 valence electrons. The number of carbonyl (C=O) groups excluding carboxylic acids is 3. The summed E-state index contributed by atoms with van der Waals surface area (Å²) in [6.07, 6.45) is 1.53. The first-order valence-corrected chi connectivity index (χ1v) is 17.3. The molecule has 0 fully saturated rings. The molecule has 0 aliphatic rings. The molecule has 5 rings (SSSR count). The van der Waals surface area contributed by atoms with Crippen LogP contribution in [-0.2, 0) is 9.59 Å². The molecule has 0 saturated carbocycles. The highest BCUT2D eigenvalue weighted by atomic mass is 32.2.